The number of rotatable bonds is 4. The SMILES string of the molecule is C#Cc1ccc2c(c1)[nH]c1c2c(=O)c2cc(OC(C)C)c(-c3cncc(S(=O)(=O)F)c3)cc2n1C. The highest BCUT2D eigenvalue weighted by molar-refractivity contribution is 7.86. The lowest BCUT2D eigenvalue weighted by atomic mass is 10.0. The van der Waals surface area contributed by atoms with Crippen LogP contribution in [0.25, 0.3) is 44.0 Å². The van der Waals surface area contributed by atoms with E-state index in [1.54, 1.807) is 18.2 Å². The van der Waals surface area contributed by atoms with Gasteiger partial charge in [0.2, 0.25) is 0 Å². The van der Waals surface area contributed by atoms with Crippen molar-refractivity contribution in [2.75, 3.05) is 0 Å². The van der Waals surface area contributed by atoms with Gasteiger partial charge in [-0.15, -0.1) is 10.3 Å². The Hall–Kier alpha value is -4.16. The Morgan fingerprint density at radius 2 is 1.91 bits per heavy atom. The van der Waals surface area contributed by atoms with Crippen LogP contribution in [-0.4, -0.2) is 29.1 Å². The zero-order chi connectivity index (χ0) is 25.1. The monoisotopic (exact) mass is 489 g/mol. The van der Waals surface area contributed by atoms with Gasteiger partial charge in [0.25, 0.3) is 0 Å². The number of nitrogens with one attached hydrogen (secondary N) is 1. The minimum atomic E-state index is -4.95. The van der Waals surface area contributed by atoms with Gasteiger partial charge in [-0.25, -0.2) is 0 Å². The standard InChI is InChI=1S/C26H20FN3O4S/c1-5-15-6-7-18-21(8-15)29-26-24(18)25(31)20-11-23(34-14(2)3)19(10-22(20)30(26)4)16-9-17(13-28-12-16)35(27,32)33/h1,6-14,29H,2-4H3. The lowest BCUT2D eigenvalue weighted by molar-refractivity contribution is 0.244. The molecule has 0 saturated carbocycles. The molecule has 9 heteroatoms. The highest BCUT2D eigenvalue weighted by Gasteiger charge is 2.20. The number of hydrogen-bond donors (Lipinski definition) is 1. The van der Waals surface area contributed by atoms with Gasteiger partial charge in [-0.3, -0.25) is 9.78 Å². The summed E-state index contributed by atoms with van der Waals surface area (Å²) in [6.45, 7) is 3.66. The van der Waals surface area contributed by atoms with E-state index >= 15 is 0 Å². The van der Waals surface area contributed by atoms with Gasteiger partial charge >= 0.3 is 10.2 Å². The Labute approximate surface area is 200 Å². The van der Waals surface area contributed by atoms with E-state index in [0.717, 1.165) is 17.1 Å². The van der Waals surface area contributed by atoms with Crippen LogP contribution >= 0.6 is 0 Å². The summed E-state index contributed by atoms with van der Waals surface area (Å²) < 4.78 is 44.4. The van der Waals surface area contributed by atoms with E-state index < -0.39 is 15.1 Å². The van der Waals surface area contributed by atoms with Crippen molar-refractivity contribution in [3.05, 3.63) is 64.6 Å². The van der Waals surface area contributed by atoms with E-state index in [-0.39, 0.29) is 11.5 Å². The molecule has 0 aliphatic carbocycles. The van der Waals surface area contributed by atoms with Crippen molar-refractivity contribution in [2.24, 2.45) is 7.05 Å². The Morgan fingerprint density at radius 3 is 2.60 bits per heavy atom. The van der Waals surface area contributed by atoms with Gasteiger partial charge in [-0.1, -0.05) is 12.0 Å². The Balaban J connectivity index is 1.88. The maximum atomic E-state index is 13.7. The summed E-state index contributed by atoms with van der Waals surface area (Å²) in [5.74, 6) is 2.95. The Morgan fingerprint density at radius 1 is 1.14 bits per heavy atom. The second kappa shape index (κ2) is 7.96. The highest BCUT2D eigenvalue weighted by atomic mass is 32.3. The summed E-state index contributed by atoms with van der Waals surface area (Å²) in [6.07, 6.45) is 7.65. The average molecular weight is 490 g/mol. The lowest BCUT2D eigenvalue weighted by Crippen LogP contribution is -2.11. The third-order valence-electron chi connectivity index (χ3n) is 5.88. The fourth-order valence-corrected chi connectivity index (χ4v) is 4.77. The van der Waals surface area contributed by atoms with Crippen molar-refractivity contribution in [2.45, 2.75) is 24.8 Å². The molecular weight excluding hydrogens is 469 g/mol. The molecule has 35 heavy (non-hydrogen) atoms. The number of aromatic amines is 1. The lowest BCUT2D eigenvalue weighted by Gasteiger charge is -2.17. The number of fused-ring (bicyclic) bond motifs is 4. The number of ether oxygens (including phenoxy) is 1. The summed E-state index contributed by atoms with van der Waals surface area (Å²) >= 11 is 0. The number of halogens is 1. The van der Waals surface area contributed by atoms with Crippen LogP contribution < -0.4 is 10.2 Å². The Bertz CT molecular complexity index is 1880. The number of benzene rings is 2. The molecule has 0 bridgehead atoms. The van der Waals surface area contributed by atoms with E-state index in [2.05, 4.69) is 15.9 Å². The van der Waals surface area contributed by atoms with E-state index in [4.69, 9.17) is 11.2 Å². The van der Waals surface area contributed by atoms with Crippen molar-refractivity contribution in [1.29, 1.82) is 0 Å². The van der Waals surface area contributed by atoms with Crippen LogP contribution in [0.4, 0.5) is 3.89 Å². The average Bonchev–Trinajstić information content (AvgIpc) is 3.20. The van der Waals surface area contributed by atoms with Crippen LogP contribution in [0, 0.1) is 12.3 Å². The minimum absolute atomic E-state index is 0.189. The quantitative estimate of drug-likeness (QED) is 0.293. The highest BCUT2D eigenvalue weighted by Crippen LogP contribution is 2.36. The topological polar surface area (TPSA) is 94.1 Å². The molecular formula is C26H20FN3O4S. The summed E-state index contributed by atoms with van der Waals surface area (Å²) in [4.78, 5) is 20.3. The first-order valence-electron chi connectivity index (χ1n) is 10.7. The molecule has 5 aromatic rings. The molecule has 0 saturated heterocycles. The number of nitrogens with zero attached hydrogens (tertiary/aromatic N) is 2. The molecule has 0 unspecified atom stereocenters. The van der Waals surface area contributed by atoms with Crippen LogP contribution in [0.1, 0.15) is 19.4 Å². The molecule has 5 rings (SSSR count). The third-order valence-corrected chi connectivity index (χ3v) is 6.67. The largest absolute Gasteiger partial charge is 0.490 e. The first-order chi connectivity index (χ1) is 16.6. The zero-order valence-electron chi connectivity index (χ0n) is 19.1. The number of hydrogen-bond acceptors (Lipinski definition) is 5. The van der Waals surface area contributed by atoms with Gasteiger partial charge in [0.1, 0.15) is 16.3 Å². The molecule has 0 atom stereocenters. The fourth-order valence-electron chi connectivity index (χ4n) is 4.31. The van der Waals surface area contributed by atoms with Crippen molar-refractivity contribution in [3.63, 3.8) is 0 Å². The fraction of sp³-hybridized carbons (Fsp3) is 0.154. The predicted molar refractivity (Wildman–Crippen MR) is 134 cm³/mol. The predicted octanol–water partition coefficient (Wildman–Crippen LogP) is 4.66. The molecule has 7 nitrogen and oxygen atoms in total. The normalized spacial score (nSPS) is 12.0. The van der Waals surface area contributed by atoms with Crippen molar-refractivity contribution < 1.29 is 17.0 Å². The van der Waals surface area contributed by atoms with Gasteiger partial charge in [-0.05, 0) is 44.2 Å². The number of aryl methyl sites for hydroxylation is 1. The van der Waals surface area contributed by atoms with Gasteiger partial charge in [0.05, 0.1) is 22.4 Å². The third kappa shape index (κ3) is 3.72. The summed E-state index contributed by atoms with van der Waals surface area (Å²) in [5, 5.41) is 1.69. The maximum absolute atomic E-state index is 13.7. The molecule has 3 heterocycles. The number of terminal acetylenes is 1. The van der Waals surface area contributed by atoms with E-state index in [9.17, 15) is 17.1 Å². The Kier molecular flexibility index (Phi) is 5.15. The summed E-state index contributed by atoms with van der Waals surface area (Å²) in [6, 6.07) is 9.97. The molecule has 0 fully saturated rings. The maximum Gasteiger partial charge on any atom is 0.333 e. The first kappa shape index (κ1) is 22.6. The van der Waals surface area contributed by atoms with Gasteiger partial charge in [0.15, 0.2) is 5.43 Å². The molecule has 176 valence electrons. The molecule has 3 aromatic heterocycles. The van der Waals surface area contributed by atoms with Crippen molar-refractivity contribution >= 4 is 43.1 Å². The van der Waals surface area contributed by atoms with E-state index in [1.165, 1.54) is 12.3 Å². The summed E-state index contributed by atoms with van der Waals surface area (Å²) in [5.41, 5.74) is 3.23. The molecule has 0 radical (unpaired) electrons. The minimum Gasteiger partial charge on any atom is -0.490 e. The van der Waals surface area contributed by atoms with E-state index in [0.29, 0.717) is 44.4 Å². The smallest absolute Gasteiger partial charge is 0.333 e. The van der Waals surface area contributed by atoms with Gasteiger partial charge in [-0.2, -0.15) is 8.42 Å². The second-order valence-corrected chi connectivity index (χ2v) is 9.87. The molecule has 1 N–H and O–H groups in total. The molecule has 0 aliphatic rings. The number of aromatic nitrogens is 3. The number of H-pyrrole nitrogens is 1. The van der Waals surface area contributed by atoms with Crippen LogP contribution in [-0.2, 0) is 17.3 Å². The summed E-state index contributed by atoms with van der Waals surface area (Å²) in [7, 11) is -3.14. The van der Waals surface area contributed by atoms with Crippen LogP contribution in [0.5, 0.6) is 5.75 Å². The zero-order valence-corrected chi connectivity index (χ0v) is 19.9. The number of pyridine rings is 2. The molecule has 0 spiro atoms. The molecule has 0 aliphatic heterocycles. The first-order valence-corrected chi connectivity index (χ1v) is 12.1. The molecule has 0 amide bonds. The van der Waals surface area contributed by atoms with Crippen molar-refractivity contribution in [1.82, 2.24) is 14.5 Å². The van der Waals surface area contributed by atoms with Crippen LogP contribution in [0.15, 0.2) is 58.5 Å². The van der Waals surface area contributed by atoms with Crippen LogP contribution in [0.3, 0.4) is 0 Å². The molecule has 2 aromatic carbocycles. The van der Waals surface area contributed by atoms with Gasteiger partial charge < -0.3 is 14.3 Å². The van der Waals surface area contributed by atoms with Crippen molar-refractivity contribution in [3.8, 4) is 29.2 Å². The van der Waals surface area contributed by atoms with Crippen LogP contribution in [0.2, 0.25) is 0 Å². The van der Waals surface area contributed by atoms with Gasteiger partial charge in [0, 0.05) is 47.0 Å². The second-order valence-electron chi connectivity index (χ2n) is 8.52. The van der Waals surface area contributed by atoms with E-state index in [1.807, 2.05) is 37.6 Å².